The van der Waals surface area contributed by atoms with Gasteiger partial charge in [0.15, 0.2) is 0 Å². The SMILES string of the molecule is NC(=O)NNc1oc2ccccc2c(=O)c1S. The molecule has 0 aliphatic rings. The molecule has 7 heteroatoms. The number of anilines is 1. The zero-order chi connectivity index (χ0) is 12.4. The second-order valence-electron chi connectivity index (χ2n) is 3.22. The maximum absolute atomic E-state index is 11.9. The van der Waals surface area contributed by atoms with Crippen molar-refractivity contribution in [3.05, 3.63) is 34.5 Å². The molecule has 0 saturated carbocycles. The molecule has 1 heterocycles. The van der Waals surface area contributed by atoms with Gasteiger partial charge in [0.25, 0.3) is 0 Å². The van der Waals surface area contributed by atoms with Crippen molar-refractivity contribution in [3.63, 3.8) is 0 Å². The molecule has 0 spiro atoms. The summed E-state index contributed by atoms with van der Waals surface area (Å²) in [4.78, 5) is 22.5. The van der Waals surface area contributed by atoms with Crippen LogP contribution in [0.1, 0.15) is 0 Å². The van der Waals surface area contributed by atoms with Crippen molar-refractivity contribution in [1.29, 1.82) is 0 Å². The minimum Gasteiger partial charge on any atom is -0.438 e. The topological polar surface area (TPSA) is 97.4 Å². The summed E-state index contributed by atoms with van der Waals surface area (Å²) in [5, 5.41) is 0.419. The number of nitrogens with two attached hydrogens (primary N) is 1. The number of nitrogens with one attached hydrogen (secondary N) is 2. The molecular formula is C10H9N3O3S. The molecule has 2 aromatic rings. The molecule has 2 rings (SSSR count). The Morgan fingerprint density at radius 1 is 1.35 bits per heavy atom. The van der Waals surface area contributed by atoms with Crippen LogP contribution in [0.5, 0.6) is 0 Å². The number of thiol groups is 1. The van der Waals surface area contributed by atoms with Crippen molar-refractivity contribution in [1.82, 2.24) is 5.43 Å². The number of carbonyl (C=O) groups is 1. The molecule has 17 heavy (non-hydrogen) atoms. The van der Waals surface area contributed by atoms with E-state index >= 15 is 0 Å². The van der Waals surface area contributed by atoms with E-state index in [-0.39, 0.29) is 16.2 Å². The normalized spacial score (nSPS) is 10.2. The molecule has 0 bridgehead atoms. The predicted octanol–water partition coefficient (Wildman–Crippen LogP) is 1.08. The van der Waals surface area contributed by atoms with Gasteiger partial charge >= 0.3 is 6.03 Å². The van der Waals surface area contributed by atoms with Gasteiger partial charge in [-0.05, 0) is 12.1 Å². The lowest BCUT2D eigenvalue weighted by molar-refractivity contribution is 0.250. The quantitative estimate of drug-likeness (QED) is 0.474. The highest BCUT2D eigenvalue weighted by Gasteiger charge is 2.10. The summed E-state index contributed by atoms with van der Waals surface area (Å²) < 4.78 is 5.37. The second-order valence-corrected chi connectivity index (χ2v) is 3.67. The van der Waals surface area contributed by atoms with E-state index in [0.717, 1.165) is 0 Å². The van der Waals surface area contributed by atoms with Gasteiger partial charge in [-0.3, -0.25) is 10.2 Å². The Hall–Kier alpha value is -2.15. The molecule has 2 amide bonds. The van der Waals surface area contributed by atoms with Crippen LogP contribution < -0.4 is 22.0 Å². The zero-order valence-corrected chi connectivity index (χ0v) is 9.45. The first-order valence-electron chi connectivity index (χ1n) is 4.66. The standard InChI is InChI=1S/C10H9N3O3S/c11-10(15)13-12-9-8(17)7(14)5-3-1-2-4-6(5)16-9/h1-4,12,17H,(H3,11,13,15). The molecule has 88 valence electrons. The lowest BCUT2D eigenvalue weighted by Crippen LogP contribution is -2.34. The molecule has 1 aromatic carbocycles. The van der Waals surface area contributed by atoms with Gasteiger partial charge in [0, 0.05) is 0 Å². The van der Waals surface area contributed by atoms with E-state index in [4.69, 9.17) is 10.2 Å². The van der Waals surface area contributed by atoms with Crippen molar-refractivity contribution >= 4 is 35.5 Å². The third kappa shape index (κ3) is 2.18. The Bertz CT molecular complexity index is 638. The average molecular weight is 251 g/mol. The largest absolute Gasteiger partial charge is 0.438 e. The van der Waals surface area contributed by atoms with Crippen LogP contribution in [-0.4, -0.2) is 6.03 Å². The molecule has 6 nitrogen and oxygen atoms in total. The monoisotopic (exact) mass is 251 g/mol. The van der Waals surface area contributed by atoms with E-state index in [2.05, 4.69) is 23.5 Å². The van der Waals surface area contributed by atoms with E-state index in [1.807, 2.05) is 0 Å². The van der Waals surface area contributed by atoms with Gasteiger partial charge in [-0.2, -0.15) is 0 Å². The van der Waals surface area contributed by atoms with Crippen LogP contribution in [0.15, 0.2) is 38.4 Å². The predicted molar refractivity (Wildman–Crippen MR) is 66.1 cm³/mol. The number of urea groups is 1. The van der Waals surface area contributed by atoms with Crippen LogP contribution in [0.3, 0.4) is 0 Å². The number of hydrogen-bond acceptors (Lipinski definition) is 5. The van der Waals surface area contributed by atoms with Crippen molar-refractivity contribution < 1.29 is 9.21 Å². The van der Waals surface area contributed by atoms with Crippen molar-refractivity contribution in [2.75, 3.05) is 5.43 Å². The highest BCUT2D eigenvalue weighted by molar-refractivity contribution is 7.80. The molecule has 0 saturated heterocycles. The summed E-state index contributed by atoms with van der Waals surface area (Å²) in [6.45, 7) is 0. The highest BCUT2D eigenvalue weighted by Crippen LogP contribution is 2.21. The van der Waals surface area contributed by atoms with Gasteiger partial charge in [-0.15, -0.1) is 12.6 Å². The lowest BCUT2D eigenvalue weighted by atomic mass is 10.2. The molecular weight excluding hydrogens is 242 g/mol. The fourth-order valence-electron chi connectivity index (χ4n) is 1.34. The summed E-state index contributed by atoms with van der Waals surface area (Å²) in [5.41, 5.74) is 9.47. The smallest absolute Gasteiger partial charge is 0.330 e. The Balaban J connectivity index is 2.54. The first-order valence-corrected chi connectivity index (χ1v) is 5.10. The number of para-hydroxylation sites is 1. The van der Waals surface area contributed by atoms with Gasteiger partial charge in [0.1, 0.15) is 10.5 Å². The van der Waals surface area contributed by atoms with E-state index in [1.165, 1.54) is 0 Å². The number of hydrogen-bond donors (Lipinski definition) is 4. The molecule has 0 aliphatic heterocycles. The second kappa shape index (κ2) is 4.38. The number of amides is 2. The van der Waals surface area contributed by atoms with Crippen LogP contribution in [0.4, 0.5) is 10.7 Å². The molecule has 0 aliphatic carbocycles. The fourth-order valence-corrected chi connectivity index (χ4v) is 1.56. The molecule has 0 unspecified atom stereocenters. The summed E-state index contributed by atoms with van der Waals surface area (Å²) in [6.07, 6.45) is 0. The van der Waals surface area contributed by atoms with Crippen molar-refractivity contribution in [2.45, 2.75) is 4.90 Å². The summed E-state index contributed by atoms with van der Waals surface area (Å²) >= 11 is 4.03. The van der Waals surface area contributed by atoms with Crippen LogP contribution in [0.2, 0.25) is 0 Å². The summed E-state index contributed by atoms with van der Waals surface area (Å²) in [7, 11) is 0. The maximum Gasteiger partial charge on any atom is 0.330 e. The number of hydrazine groups is 1. The third-order valence-corrected chi connectivity index (χ3v) is 2.48. The molecule has 4 N–H and O–H groups in total. The van der Waals surface area contributed by atoms with Crippen LogP contribution in [0, 0.1) is 0 Å². The zero-order valence-electron chi connectivity index (χ0n) is 8.56. The van der Waals surface area contributed by atoms with E-state index in [1.54, 1.807) is 24.3 Å². The van der Waals surface area contributed by atoms with Gasteiger partial charge < -0.3 is 10.2 Å². The summed E-state index contributed by atoms with van der Waals surface area (Å²) in [5.74, 6) is 0.0378. The van der Waals surface area contributed by atoms with Gasteiger partial charge in [0.2, 0.25) is 11.3 Å². The first-order chi connectivity index (χ1) is 8.09. The lowest BCUT2D eigenvalue weighted by Gasteiger charge is -2.08. The number of fused-ring (bicyclic) bond motifs is 1. The van der Waals surface area contributed by atoms with Gasteiger partial charge in [0.05, 0.1) is 5.39 Å². The highest BCUT2D eigenvalue weighted by atomic mass is 32.1. The van der Waals surface area contributed by atoms with E-state index < -0.39 is 6.03 Å². The Kier molecular flexibility index (Phi) is 2.92. The van der Waals surface area contributed by atoms with Gasteiger partial charge in [-0.25, -0.2) is 10.2 Å². The van der Waals surface area contributed by atoms with Crippen LogP contribution >= 0.6 is 12.6 Å². The third-order valence-electron chi connectivity index (χ3n) is 2.07. The van der Waals surface area contributed by atoms with Crippen LogP contribution in [0.25, 0.3) is 11.0 Å². The maximum atomic E-state index is 11.9. The Morgan fingerprint density at radius 3 is 2.76 bits per heavy atom. The molecule has 0 fully saturated rings. The first kappa shape index (κ1) is 11.3. The van der Waals surface area contributed by atoms with Crippen molar-refractivity contribution in [3.8, 4) is 0 Å². The number of benzene rings is 1. The van der Waals surface area contributed by atoms with E-state index in [0.29, 0.717) is 11.0 Å². The van der Waals surface area contributed by atoms with Crippen molar-refractivity contribution in [2.24, 2.45) is 5.73 Å². The van der Waals surface area contributed by atoms with Gasteiger partial charge in [-0.1, -0.05) is 12.1 Å². The number of rotatable bonds is 2. The minimum atomic E-state index is -0.798. The number of primary amides is 1. The van der Waals surface area contributed by atoms with Crippen LogP contribution in [-0.2, 0) is 0 Å². The minimum absolute atomic E-state index is 0.0378. The number of carbonyl (C=O) groups excluding carboxylic acids is 1. The fraction of sp³-hybridized carbons (Fsp3) is 0. The molecule has 0 atom stereocenters. The summed E-state index contributed by atoms with van der Waals surface area (Å²) in [6, 6.07) is 5.93. The average Bonchev–Trinajstić information content (AvgIpc) is 2.32. The Labute approximate surface area is 101 Å². The molecule has 0 radical (unpaired) electrons. The van der Waals surface area contributed by atoms with E-state index in [9.17, 15) is 9.59 Å². The molecule has 1 aromatic heterocycles. The Morgan fingerprint density at radius 2 is 2.06 bits per heavy atom.